The zero-order valence-corrected chi connectivity index (χ0v) is 12.6. The van der Waals surface area contributed by atoms with E-state index < -0.39 is 17.5 Å². The van der Waals surface area contributed by atoms with E-state index in [-0.39, 0.29) is 19.1 Å². The Morgan fingerprint density at radius 1 is 1.33 bits per heavy atom. The summed E-state index contributed by atoms with van der Waals surface area (Å²) >= 11 is 0. The second-order valence-electron chi connectivity index (χ2n) is 5.89. The van der Waals surface area contributed by atoms with Gasteiger partial charge in [0.05, 0.1) is 18.6 Å². The highest BCUT2D eigenvalue weighted by Gasteiger charge is 2.38. The van der Waals surface area contributed by atoms with Crippen molar-refractivity contribution in [1.29, 1.82) is 0 Å². The number of aryl methyl sites for hydroxylation is 1. The lowest BCUT2D eigenvalue weighted by Gasteiger charge is -2.37. The van der Waals surface area contributed by atoms with Gasteiger partial charge in [0.25, 0.3) is 0 Å². The Labute approximate surface area is 124 Å². The van der Waals surface area contributed by atoms with Crippen LogP contribution in [0.3, 0.4) is 0 Å². The number of morpholine rings is 1. The zero-order valence-electron chi connectivity index (χ0n) is 12.6. The monoisotopic (exact) mass is 291 g/mol. The van der Waals surface area contributed by atoms with E-state index in [2.05, 4.69) is 0 Å². The maximum absolute atomic E-state index is 12.8. The third-order valence-corrected chi connectivity index (χ3v) is 3.98. The van der Waals surface area contributed by atoms with E-state index in [9.17, 15) is 9.59 Å². The highest BCUT2D eigenvalue weighted by molar-refractivity contribution is 5.88. The number of carbonyl (C=O) groups is 2. The predicted octanol–water partition coefficient (Wildman–Crippen LogP) is 1.58. The third kappa shape index (κ3) is 3.08. The van der Waals surface area contributed by atoms with Crippen LogP contribution < -0.4 is 0 Å². The lowest BCUT2D eigenvalue weighted by Crippen LogP contribution is -2.53. The molecule has 0 radical (unpaired) electrons. The minimum Gasteiger partial charge on any atom is -0.479 e. The van der Waals surface area contributed by atoms with Gasteiger partial charge in [0.2, 0.25) is 5.91 Å². The van der Waals surface area contributed by atoms with Gasteiger partial charge in [0, 0.05) is 6.54 Å². The van der Waals surface area contributed by atoms with Gasteiger partial charge in [-0.15, -0.1) is 0 Å². The van der Waals surface area contributed by atoms with Gasteiger partial charge in [-0.25, -0.2) is 4.79 Å². The first kappa shape index (κ1) is 15.5. The fraction of sp³-hybridized carbons (Fsp3) is 0.500. The molecule has 21 heavy (non-hydrogen) atoms. The molecule has 1 aromatic carbocycles. The largest absolute Gasteiger partial charge is 0.479 e. The lowest BCUT2D eigenvalue weighted by molar-refractivity contribution is -0.160. The predicted molar refractivity (Wildman–Crippen MR) is 78.2 cm³/mol. The van der Waals surface area contributed by atoms with E-state index in [0.717, 1.165) is 11.1 Å². The maximum Gasteiger partial charge on any atom is 0.334 e. The summed E-state index contributed by atoms with van der Waals surface area (Å²) < 4.78 is 5.17. The van der Waals surface area contributed by atoms with Crippen LogP contribution in [-0.4, -0.2) is 47.7 Å². The van der Waals surface area contributed by atoms with Gasteiger partial charge in [0.15, 0.2) is 6.10 Å². The molecule has 1 fully saturated rings. The molecule has 0 aliphatic carbocycles. The van der Waals surface area contributed by atoms with E-state index in [0.29, 0.717) is 6.54 Å². The van der Waals surface area contributed by atoms with Crippen LogP contribution in [0.1, 0.15) is 25.0 Å². The number of amides is 1. The molecule has 0 bridgehead atoms. The quantitative estimate of drug-likeness (QED) is 0.918. The van der Waals surface area contributed by atoms with Crippen molar-refractivity contribution in [2.24, 2.45) is 0 Å². The Kier molecular flexibility index (Phi) is 4.32. The van der Waals surface area contributed by atoms with Crippen LogP contribution in [0.5, 0.6) is 0 Å². The fourth-order valence-corrected chi connectivity index (χ4v) is 2.77. The van der Waals surface area contributed by atoms with Gasteiger partial charge in [0.1, 0.15) is 0 Å². The molecule has 0 spiro atoms. The smallest absolute Gasteiger partial charge is 0.334 e. The molecule has 0 aromatic heterocycles. The van der Waals surface area contributed by atoms with Crippen molar-refractivity contribution in [2.45, 2.75) is 32.3 Å². The summed E-state index contributed by atoms with van der Waals surface area (Å²) in [6.07, 6.45) is -0.935. The molecule has 1 unspecified atom stereocenters. The van der Waals surface area contributed by atoms with Crippen LogP contribution >= 0.6 is 0 Å². The van der Waals surface area contributed by atoms with Gasteiger partial charge < -0.3 is 14.7 Å². The Balaban J connectivity index is 2.22. The molecule has 1 saturated heterocycles. The van der Waals surface area contributed by atoms with Crippen LogP contribution in [-0.2, 0) is 19.7 Å². The topological polar surface area (TPSA) is 66.8 Å². The number of hydrogen-bond acceptors (Lipinski definition) is 3. The molecule has 1 aromatic rings. The minimum atomic E-state index is -1.03. The minimum absolute atomic E-state index is 0.0636. The normalized spacial score (nSPS) is 19.4. The standard InChI is InChI=1S/C16H21NO4/c1-11-6-4-5-7-12(11)16(2,3)15(20)17-8-9-21-13(10-17)14(18)19/h4-7,13H,8-10H2,1-3H3,(H,18,19). The molecule has 2 rings (SSSR count). The Morgan fingerprint density at radius 3 is 2.62 bits per heavy atom. The first-order valence-electron chi connectivity index (χ1n) is 7.04. The summed E-state index contributed by atoms with van der Waals surface area (Å²) in [5, 5.41) is 9.04. The van der Waals surface area contributed by atoms with Crippen LogP contribution in [0.4, 0.5) is 0 Å². The van der Waals surface area contributed by atoms with E-state index in [4.69, 9.17) is 9.84 Å². The van der Waals surface area contributed by atoms with Gasteiger partial charge >= 0.3 is 5.97 Å². The summed E-state index contributed by atoms with van der Waals surface area (Å²) in [5.74, 6) is -1.09. The van der Waals surface area contributed by atoms with Crippen molar-refractivity contribution in [3.05, 3.63) is 35.4 Å². The average Bonchev–Trinajstić information content (AvgIpc) is 2.46. The first-order chi connectivity index (χ1) is 9.84. The number of hydrogen-bond donors (Lipinski definition) is 1. The van der Waals surface area contributed by atoms with Gasteiger partial charge in [-0.3, -0.25) is 4.79 Å². The first-order valence-corrected chi connectivity index (χ1v) is 7.04. The number of carbonyl (C=O) groups excluding carboxylic acids is 1. The lowest BCUT2D eigenvalue weighted by atomic mass is 9.80. The van der Waals surface area contributed by atoms with Crippen molar-refractivity contribution in [3.8, 4) is 0 Å². The highest BCUT2D eigenvalue weighted by atomic mass is 16.5. The number of aliphatic carboxylic acids is 1. The molecule has 1 N–H and O–H groups in total. The van der Waals surface area contributed by atoms with Gasteiger partial charge in [-0.1, -0.05) is 24.3 Å². The summed E-state index contributed by atoms with van der Waals surface area (Å²) in [5.41, 5.74) is 1.33. The zero-order chi connectivity index (χ0) is 15.6. The molecule has 1 aliphatic heterocycles. The highest BCUT2D eigenvalue weighted by Crippen LogP contribution is 2.29. The molecule has 5 nitrogen and oxygen atoms in total. The summed E-state index contributed by atoms with van der Waals surface area (Å²) in [7, 11) is 0. The van der Waals surface area contributed by atoms with E-state index >= 15 is 0 Å². The van der Waals surface area contributed by atoms with Crippen molar-refractivity contribution in [2.75, 3.05) is 19.7 Å². The number of carboxylic acids is 1. The maximum atomic E-state index is 12.8. The molecule has 1 heterocycles. The number of ether oxygens (including phenoxy) is 1. The van der Waals surface area contributed by atoms with Crippen molar-refractivity contribution in [1.82, 2.24) is 4.90 Å². The van der Waals surface area contributed by atoms with Crippen LogP contribution in [0, 0.1) is 6.92 Å². The number of nitrogens with zero attached hydrogens (tertiary/aromatic N) is 1. The molecule has 0 saturated carbocycles. The second-order valence-corrected chi connectivity index (χ2v) is 5.89. The summed E-state index contributed by atoms with van der Waals surface area (Å²) in [6, 6.07) is 7.78. The second kappa shape index (κ2) is 5.85. The number of rotatable bonds is 3. The molecular weight excluding hydrogens is 270 g/mol. The Morgan fingerprint density at radius 2 is 2.00 bits per heavy atom. The van der Waals surface area contributed by atoms with Crippen LogP contribution in [0.2, 0.25) is 0 Å². The molecule has 1 amide bonds. The van der Waals surface area contributed by atoms with Crippen molar-refractivity contribution < 1.29 is 19.4 Å². The van der Waals surface area contributed by atoms with Gasteiger partial charge in [-0.05, 0) is 31.9 Å². The molecule has 114 valence electrons. The molecule has 1 atom stereocenters. The van der Waals surface area contributed by atoms with Crippen molar-refractivity contribution in [3.63, 3.8) is 0 Å². The third-order valence-electron chi connectivity index (χ3n) is 3.98. The Hall–Kier alpha value is -1.88. The van der Waals surface area contributed by atoms with Crippen LogP contribution in [0.15, 0.2) is 24.3 Å². The van der Waals surface area contributed by atoms with Crippen molar-refractivity contribution >= 4 is 11.9 Å². The molecule has 1 aliphatic rings. The summed E-state index contributed by atoms with van der Waals surface area (Å²) in [4.78, 5) is 25.4. The Bertz CT molecular complexity index is 553. The van der Waals surface area contributed by atoms with E-state index in [1.54, 1.807) is 4.90 Å². The van der Waals surface area contributed by atoms with Gasteiger partial charge in [-0.2, -0.15) is 0 Å². The van der Waals surface area contributed by atoms with Crippen LogP contribution in [0.25, 0.3) is 0 Å². The molecular formula is C16H21NO4. The SMILES string of the molecule is Cc1ccccc1C(C)(C)C(=O)N1CCOC(C(=O)O)C1. The summed E-state index contributed by atoms with van der Waals surface area (Å²) in [6.45, 7) is 6.52. The number of benzene rings is 1. The van der Waals surface area contributed by atoms with E-state index in [1.165, 1.54) is 0 Å². The molecule has 5 heteroatoms. The number of carboxylic acid groups (broad SMARTS) is 1. The van der Waals surface area contributed by atoms with E-state index in [1.807, 2.05) is 45.0 Å². The average molecular weight is 291 g/mol. The fourth-order valence-electron chi connectivity index (χ4n) is 2.77.